The molecule has 0 bridgehead atoms. The highest BCUT2D eigenvalue weighted by Crippen LogP contribution is 2.23. The quantitative estimate of drug-likeness (QED) is 0.497. The first-order chi connectivity index (χ1) is 14.6. The van der Waals surface area contributed by atoms with Crippen LogP contribution in [0.4, 0.5) is 4.79 Å². The molecule has 0 unspecified atom stereocenters. The number of benzene rings is 1. The average molecular weight is 463 g/mol. The largest absolute Gasteiger partial charge is 0.444 e. The monoisotopic (exact) mass is 462 g/mol. The molecule has 0 aliphatic carbocycles. The third kappa shape index (κ3) is 6.60. The van der Waals surface area contributed by atoms with Crippen LogP contribution in [0.2, 0.25) is 10.0 Å². The molecule has 0 aliphatic heterocycles. The van der Waals surface area contributed by atoms with Gasteiger partial charge in [-0.1, -0.05) is 29.3 Å². The van der Waals surface area contributed by atoms with Crippen LogP contribution in [0.5, 0.6) is 0 Å². The second-order valence-corrected chi connectivity index (χ2v) is 8.94. The maximum Gasteiger partial charge on any atom is 0.408 e. The number of carbonyl (C=O) groups excluding carboxylic acids is 2. The molecule has 2 aromatic heterocycles. The Morgan fingerprint density at radius 1 is 1.13 bits per heavy atom. The smallest absolute Gasteiger partial charge is 0.408 e. The third-order valence-electron chi connectivity index (χ3n) is 4.35. The fraction of sp³-hybridized carbons (Fsp3) is 0.318. The zero-order valence-corrected chi connectivity index (χ0v) is 19.0. The molecule has 164 valence electrons. The van der Waals surface area contributed by atoms with Gasteiger partial charge in [0.25, 0.3) is 0 Å². The molecule has 7 nitrogen and oxygen atoms in total. The first-order valence-corrected chi connectivity index (χ1v) is 10.5. The number of fused-ring (bicyclic) bond motifs is 1. The van der Waals surface area contributed by atoms with E-state index in [1.165, 1.54) is 0 Å². The van der Waals surface area contributed by atoms with Gasteiger partial charge in [0.2, 0.25) is 5.91 Å². The zero-order valence-electron chi connectivity index (χ0n) is 17.5. The van der Waals surface area contributed by atoms with Crippen LogP contribution in [0.1, 0.15) is 31.9 Å². The molecule has 31 heavy (non-hydrogen) atoms. The van der Waals surface area contributed by atoms with Gasteiger partial charge in [0.15, 0.2) is 0 Å². The van der Waals surface area contributed by atoms with E-state index in [1.807, 2.05) is 12.1 Å². The number of pyridine rings is 1. The first-order valence-electron chi connectivity index (χ1n) is 9.74. The number of aromatic nitrogens is 2. The van der Waals surface area contributed by atoms with Crippen molar-refractivity contribution in [3.63, 3.8) is 0 Å². The summed E-state index contributed by atoms with van der Waals surface area (Å²) in [5, 5.41) is 7.24. The summed E-state index contributed by atoms with van der Waals surface area (Å²) in [7, 11) is 0. The lowest BCUT2D eigenvalue weighted by molar-refractivity contribution is -0.123. The number of nitrogens with one attached hydrogen (secondary N) is 3. The van der Waals surface area contributed by atoms with E-state index < -0.39 is 17.7 Å². The summed E-state index contributed by atoms with van der Waals surface area (Å²) < 4.78 is 5.31. The van der Waals surface area contributed by atoms with Crippen LogP contribution in [-0.4, -0.2) is 33.6 Å². The number of hydrogen-bond donors (Lipinski definition) is 3. The van der Waals surface area contributed by atoms with Gasteiger partial charge < -0.3 is 20.4 Å². The summed E-state index contributed by atoms with van der Waals surface area (Å²) in [5.74, 6) is -0.355. The van der Waals surface area contributed by atoms with Crippen molar-refractivity contribution in [2.45, 2.75) is 45.4 Å². The number of nitrogens with zero attached hydrogens (tertiary/aromatic N) is 1. The number of halogens is 2. The first kappa shape index (κ1) is 22.9. The fourth-order valence-corrected chi connectivity index (χ4v) is 3.28. The number of hydrogen-bond acceptors (Lipinski definition) is 4. The Balaban J connectivity index is 1.71. The predicted molar refractivity (Wildman–Crippen MR) is 121 cm³/mol. The maximum absolute atomic E-state index is 12.9. The van der Waals surface area contributed by atoms with Crippen molar-refractivity contribution in [1.82, 2.24) is 20.6 Å². The van der Waals surface area contributed by atoms with E-state index in [0.717, 1.165) is 22.2 Å². The molecule has 3 N–H and O–H groups in total. The van der Waals surface area contributed by atoms with Gasteiger partial charge in [-0.05, 0) is 56.2 Å². The van der Waals surface area contributed by atoms with E-state index in [4.69, 9.17) is 27.9 Å². The second-order valence-electron chi connectivity index (χ2n) is 8.13. The standard InChI is InChI=1S/C22H24Cl2N4O3/c1-22(2,3)31-21(30)28-18(10-13-4-5-16(23)17(24)9-13)20(29)27-12-14-8-15-6-7-25-19(15)26-11-14/h4-9,11,18H,10,12H2,1-3H3,(H,25,26)(H,27,29)(H,28,30)/t18-/m0/s1. The van der Waals surface area contributed by atoms with Crippen molar-refractivity contribution < 1.29 is 14.3 Å². The Morgan fingerprint density at radius 3 is 2.61 bits per heavy atom. The Kier molecular flexibility index (Phi) is 7.08. The van der Waals surface area contributed by atoms with Crippen molar-refractivity contribution >= 4 is 46.2 Å². The van der Waals surface area contributed by atoms with Crippen LogP contribution < -0.4 is 10.6 Å². The average Bonchev–Trinajstić information content (AvgIpc) is 3.14. The van der Waals surface area contributed by atoms with Gasteiger partial charge >= 0.3 is 6.09 Å². The lowest BCUT2D eigenvalue weighted by Gasteiger charge is -2.23. The van der Waals surface area contributed by atoms with Crippen LogP contribution in [-0.2, 0) is 22.5 Å². The molecule has 2 heterocycles. The van der Waals surface area contributed by atoms with E-state index in [-0.39, 0.29) is 18.9 Å². The SMILES string of the molecule is CC(C)(C)OC(=O)N[C@@H](Cc1ccc(Cl)c(Cl)c1)C(=O)NCc1cnc2[nH]ccc2c1. The molecule has 2 amide bonds. The van der Waals surface area contributed by atoms with E-state index in [2.05, 4.69) is 20.6 Å². The van der Waals surface area contributed by atoms with Crippen molar-refractivity contribution in [3.8, 4) is 0 Å². The van der Waals surface area contributed by atoms with Crippen molar-refractivity contribution in [2.75, 3.05) is 0 Å². The van der Waals surface area contributed by atoms with E-state index in [0.29, 0.717) is 10.0 Å². The van der Waals surface area contributed by atoms with E-state index in [1.54, 1.807) is 51.4 Å². The van der Waals surface area contributed by atoms with Crippen LogP contribution in [0.15, 0.2) is 42.7 Å². The van der Waals surface area contributed by atoms with E-state index >= 15 is 0 Å². The molecule has 1 atom stereocenters. The van der Waals surface area contributed by atoms with Gasteiger partial charge in [-0.3, -0.25) is 4.79 Å². The topological polar surface area (TPSA) is 96.1 Å². The number of rotatable bonds is 6. The van der Waals surface area contributed by atoms with Crippen LogP contribution in [0.3, 0.4) is 0 Å². The summed E-state index contributed by atoms with van der Waals surface area (Å²) in [6, 6.07) is 8.06. The van der Waals surface area contributed by atoms with Crippen LogP contribution >= 0.6 is 23.2 Å². The molecular weight excluding hydrogens is 439 g/mol. The molecule has 0 radical (unpaired) electrons. The summed E-state index contributed by atoms with van der Waals surface area (Å²) in [5.41, 5.74) is 1.68. The zero-order chi connectivity index (χ0) is 22.6. The Morgan fingerprint density at radius 2 is 1.90 bits per heavy atom. The number of carbonyl (C=O) groups is 2. The summed E-state index contributed by atoms with van der Waals surface area (Å²) in [6.45, 7) is 5.53. The highest BCUT2D eigenvalue weighted by molar-refractivity contribution is 6.42. The molecule has 0 saturated heterocycles. The minimum Gasteiger partial charge on any atom is -0.444 e. The highest BCUT2D eigenvalue weighted by atomic mass is 35.5. The van der Waals surface area contributed by atoms with Gasteiger partial charge in [0.05, 0.1) is 10.0 Å². The molecule has 9 heteroatoms. The third-order valence-corrected chi connectivity index (χ3v) is 5.09. The Labute approximate surface area is 190 Å². The number of amides is 2. The van der Waals surface area contributed by atoms with E-state index in [9.17, 15) is 9.59 Å². The normalized spacial score (nSPS) is 12.4. The second kappa shape index (κ2) is 9.58. The van der Waals surface area contributed by atoms with Gasteiger partial charge in [-0.2, -0.15) is 0 Å². The molecule has 3 rings (SSSR count). The number of aromatic amines is 1. The van der Waals surface area contributed by atoms with Crippen molar-refractivity contribution in [1.29, 1.82) is 0 Å². The molecule has 0 fully saturated rings. The Hall–Kier alpha value is -2.77. The number of H-pyrrole nitrogens is 1. The molecule has 0 spiro atoms. The lowest BCUT2D eigenvalue weighted by atomic mass is 10.1. The number of ether oxygens (including phenoxy) is 1. The highest BCUT2D eigenvalue weighted by Gasteiger charge is 2.25. The lowest BCUT2D eigenvalue weighted by Crippen LogP contribution is -2.49. The predicted octanol–water partition coefficient (Wildman–Crippen LogP) is 4.62. The van der Waals surface area contributed by atoms with Gasteiger partial charge in [0, 0.05) is 30.7 Å². The molecule has 3 aromatic rings. The van der Waals surface area contributed by atoms with Crippen molar-refractivity contribution in [2.24, 2.45) is 0 Å². The van der Waals surface area contributed by atoms with Gasteiger partial charge in [0.1, 0.15) is 17.3 Å². The van der Waals surface area contributed by atoms with Gasteiger partial charge in [-0.15, -0.1) is 0 Å². The summed E-state index contributed by atoms with van der Waals surface area (Å²) >= 11 is 12.1. The molecule has 0 aliphatic rings. The Bertz CT molecular complexity index is 1090. The minimum atomic E-state index is -0.865. The molecule has 1 aromatic carbocycles. The van der Waals surface area contributed by atoms with Crippen LogP contribution in [0.25, 0.3) is 11.0 Å². The summed E-state index contributed by atoms with van der Waals surface area (Å²) in [6.07, 6.45) is 3.03. The minimum absolute atomic E-state index is 0.219. The molecular formula is C22H24Cl2N4O3. The van der Waals surface area contributed by atoms with Crippen LogP contribution in [0, 0.1) is 0 Å². The fourth-order valence-electron chi connectivity index (χ4n) is 2.96. The van der Waals surface area contributed by atoms with Crippen molar-refractivity contribution in [3.05, 3.63) is 63.9 Å². The summed E-state index contributed by atoms with van der Waals surface area (Å²) in [4.78, 5) is 32.6. The van der Waals surface area contributed by atoms with Gasteiger partial charge in [-0.25, -0.2) is 9.78 Å². The molecule has 0 saturated carbocycles. The number of alkyl carbamates (subject to hydrolysis) is 1. The maximum atomic E-state index is 12.9.